The first kappa shape index (κ1) is 22.1. The predicted molar refractivity (Wildman–Crippen MR) is 123 cm³/mol. The molecule has 0 unspecified atom stereocenters. The third-order valence-corrected chi connectivity index (χ3v) is 7.47. The molecule has 34 heavy (non-hydrogen) atoms. The average molecular weight is 478 g/mol. The molecule has 2 aromatic heterocycles. The van der Waals surface area contributed by atoms with Gasteiger partial charge >= 0.3 is 0 Å². The number of halogens is 1. The van der Waals surface area contributed by atoms with Crippen LogP contribution in [0.25, 0.3) is 22.2 Å². The molecule has 2 aromatic carbocycles. The Morgan fingerprint density at radius 3 is 2.62 bits per heavy atom. The number of nitriles is 1. The van der Waals surface area contributed by atoms with E-state index in [9.17, 15) is 18.1 Å². The first-order chi connectivity index (χ1) is 16.5. The maximum Gasteiger partial charge on any atom is 0.269 e. The lowest BCUT2D eigenvalue weighted by Gasteiger charge is -2.24. The lowest BCUT2D eigenvalue weighted by molar-refractivity contribution is 0.0254. The van der Waals surface area contributed by atoms with Crippen LogP contribution in [0.2, 0.25) is 0 Å². The van der Waals surface area contributed by atoms with Crippen LogP contribution in [0.3, 0.4) is 0 Å². The molecule has 3 heterocycles. The Bertz CT molecular complexity index is 1500. The first-order valence-electron chi connectivity index (χ1n) is 10.7. The molecule has 172 valence electrons. The molecular weight excluding hydrogens is 457 g/mol. The average Bonchev–Trinajstić information content (AvgIpc) is 3.30. The van der Waals surface area contributed by atoms with Gasteiger partial charge in [0.2, 0.25) is 0 Å². The summed E-state index contributed by atoms with van der Waals surface area (Å²) in [5.74, 6) is -0.197. The predicted octanol–water partition coefficient (Wildman–Crippen LogP) is 4.51. The van der Waals surface area contributed by atoms with Crippen molar-refractivity contribution >= 4 is 21.1 Å². The SMILES string of the molecule is N#Cc1cc(-c2c(F)cnc3c2ccn3S(=O)(=O)c2ccccc2)ccc1OC1CCOCC1. The van der Waals surface area contributed by atoms with Crippen LogP contribution in [0, 0.1) is 17.1 Å². The second-order valence-electron chi connectivity index (χ2n) is 7.90. The van der Waals surface area contributed by atoms with Crippen molar-refractivity contribution in [3.63, 3.8) is 0 Å². The maximum atomic E-state index is 15.0. The van der Waals surface area contributed by atoms with Crippen molar-refractivity contribution in [3.05, 3.63) is 78.4 Å². The highest BCUT2D eigenvalue weighted by atomic mass is 32.2. The van der Waals surface area contributed by atoms with Gasteiger partial charge in [-0.15, -0.1) is 0 Å². The van der Waals surface area contributed by atoms with Gasteiger partial charge in [-0.1, -0.05) is 24.3 Å². The number of ether oxygens (including phenoxy) is 2. The Balaban J connectivity index is 1.58. The Hall–Kier alpha value is -3.74. The monoisotopic (exact) mass is 477 g/mol. The first-order valence-corrected chi connectivity index (χ1v) is 12.2. The smallest absolute Gasteiger partial charge is 0.269 e. The second kappa shape index (κ2) is 8.89. The standard InChI is InChI=1S/C25H20FN3O4S/c26-22-16-28-25-21(8-11-29(25)34(30,31)20-4-2-1-3-5-20)24(22)17-6-7-23(18(14-17)15-27)33-19-9-12-32-13-10-19/h1-8,11,14,16,19H,9-10,12-13H2. The summed E-state index contributed by atoms with van der Waals surface area (Å²) in [6, 6.07) is 16.4. The van der Waals surface area contributed by atoms with Crippen molar-refractivity contribution in [1.82, 2.24) is 8.96 Å². The molecule has 1 fully saturated rings. The molecule has 4 aromatic rings. The Morgan fingerprint density at radius 1 is 1.12 bits per heavy atom. The number of aromatic nitrogens is 2. The van der Waals surface area contributed by atoms with Gasteiger partial charge in [0.05, 0.1) is 29.9 Å². The summed E-state index contributed by atoms with van der Waals surface area (Å²) >= 11 is 0. The van der Waals surface area contributed by atoms with Gasteiger partial charge in [-0.2, -0.15) is 5.26 Å². The Labute approximate surface area is 196 Å². The van der Waals surface area contributed by atoms with Gasteiger partial charge < -0.3 is 9.47 Å². The van der Waals surface area contributed by atoms with E-state index in [0.29, 0.717) is 29.9 Å². The lowest BCUT2D eigenvalue weighted by Crippen LogP contribution is -2.26. The molecule has 7 nitrogen and oxygen atoms in total. The van der Waals surface area contributed by atoms with E-state index in [1.54, 1.807) is 36.4 Å². The van der Waals surface area contributed by atoms with Crippen molar-refractivity contribution < 1.29 is 22.3 Å². The zero-order valence-electron chi connectivity index (χ0n) is 18.0. The zero-order chi connectivity index (χ0) is 23.7. The minimum atomic E-state index is -3.92. The molecule has 0 amide bonds. The Morgan fingerprint density at radius 2 is 1.88 bits per heavy atom. The highest BCUT2D eigenvalue weighted by Crippen LogP contribution is 2.35. The van der Waals surface area contributed by atoms with E-state index in [4.69, 9.17) is 9.47 Å². The van der Waals surface area contributed by atoms with Crippen molar-refractivity contribution in [1.29, 1.82) is 5.26 Å². The summed E-state index contributed by atoms with van der Waals surface area (Å²) in [4.78, 5) is 4.16. The van der Waals surface area contributed by atoms with E-state index in [0.717, 1.165) is 23.0 Å². The summed E-state index contributed by atoms with van der Waals surface area (Å²) in [6.45, 7) is 1.21. The van der Waals surface area contributed by atoms with Gasteiger partial charge in [-0.3, -0.25) is 0 Å². The maximum absolute atomic E-state index is 15.0. The van der Waals surface area contributed by atoms with Crippen LogP contribution < -0.4 is 4.74 Å². The van der Waals surface area contributed by atoms with E-state index in [-0.39, 0.29) is 27.8 Å². The minimum absolute atomic E-state index is 0.0479. The quantitative estimate of drug-likeness (QED) is 0.420. The van der Waals surface area contributed by atoms with Crippen LogP contribution in [0.1, 0.15) is 18.4 Å². The van der Waals surface area contributed by atoms with E-state index in [2.05, 4.69) is 11.1 Å². The van der Waals surface area contributed by atoms with Crippen molar-refractivity contribution in [2.24, 2.45) is 0 Å². The third-order valence-electron chi connectivity index (χ3n) is 5.79. The molecule has 9 heteroatoms. The van der Waals surface area contributed by atoms with E-state index < -0.39 is 15.8 Å². The summed E-state index contributed by atoms with van der Waals surface area (Å²) in [5.41, 5.74) is 0.961. The van der Waals surface area contributed by atoms with Gasteiger partial charge in [0.15, 0.2) is 5.65 Å². The highest BCUT2D eigenvalue weighted by Gasteiger charge is 2.23. The second-order valence-corrected chi connectivity index (χ2v) is 9.72. The Kier molecular flexibility index (Phi) is 5.77. The van der Waals surface area contributed by atoms with Crippen LogP contribution in [-0.4, -0.2) is 36.7 Å². The molecule has 0 N–H and O–H groups in total. The molecule has 0 saturated carbocycles. The minimum Gasteiger partial charge on any atom is -0.489 e. The molecular formula is C25H20FN3O4S. The van der Waals surface area contributed by atoms with Crippen LogP contribution in [0.4, 0.5) is 4.39 Å². The molecule has 1 aliphatic heterocycles. The van der Waals surface area contributed by atoms with Crippen LogP contribution in [0.15, 0.2) is 71.9 Å². The van der Waals surface area contributed by atoms with Crippen LogP contribution >= 0.6 is 0 Å². The normalized spacial score (nSPS) is 14.7. The van der Waals surface area contributed by atoms with Gasteiger partial charge in [0.1, 0.15) is 23.7 Å². The lowest BCUT2D eigenvalue weighted by atomic mass is 10.0. The van der Waals surface area contributed by atoms with E-state index in [1.807, 2.05) is 0 Å². The highest BCUT2D eigenvalue weighted by molar-refractivity contribution is 7.90. The molecule has 0 bridgehead atoms. The summed E-state index contributed by atoms with van der Waals surface area (Å²) in [6.07, 6.45) is 3.77. The molecule has 0 aliphatic carbocycles. The fraction of sp³-hybridized carbons (Fsp3) is 0.200. The number of pyridine rings is 1. The molecule has 0 spiro atoms. The molecule has 0 radical (unpaired) electrons. The van der Waals surface area contributed by atoms with Gasteiger partial charge in [-0.05, 0) is 35.9 Å². The number of rotatable bonds is 5. The largest absolute Gasteiger partial charge is 0.489 e. The van der Waals surface area contributed by atoms with Crippen LogP contribution in [-0.2, 0) is 14.8 Å². The van der Waals surface area contributed by atoms with Gasteiger partial charge in [0, 0.05) is 30.0 Å². The number of hydrogen-bond donors (Lipinski definition) is 0. The van der Waals surface area contributed by atoms with E-state index >= 15 is 0 Å². The molecule has 0 atom stereocenters. The number of hydrogen-bond acceptors (Lipinski definition) is 6. The fourth-order valence-electron chi connectivity index (χ4n) is 4.08. The third kappa shape index (κ3) is 3.91. The summed E-state index contributed by atoms with van der Waals surface area (Å²) < 4.78 is 53.6. The molecule has 5 rings (SSSR count). The zero-order valence-corrected chi connectivity index (χ0v) is 18.8. The molecule has 1 saturated heterocycles. The van der Waals surface area contributed by atoms with Gasteiger partial charge in [0.25, 0.3) is 10.0 Å². The summed E-state index contributed by atoms with van der Waals surface area (Å²) in [7, 11) is -3.92. The summed E-state index contributed by atoms with van der Waals surface area (Å²) in [5, 5.41) is 10.0. The number of fused-ring (bicyclic) bond motifs is 1. The van der Waals surface area contributed by atoms with Gasteiger partial charge in [-0.25, -0.2) is 21.8 Å². The number of benzene rings is 2. The van der Waals surface area contributed by atoms with Crippen molar-refractivity contribution in [2.45, 2.75) is 23.8 Å². The molecule has 1 aliphatic rings. The van der Waals surface area contributed by atoms with E-state index in [1.165, 1.54) is 24.4 Å². The fourth-order valence-corrected chi connectivity index (χ4v) is 5.40. The number of nitrogens with zero attached hydrogens (tertiary/aromatic N) is 3. The van der Waals surface area contributed by atoms with Crippen LogP contribution in [0.5, 0.6) is 5.75 Å². The van der Waals surface area contributed by atoms with Crippen molar-refractivity contribution in [3.8, 4) is 22.9 Å². The van der Waals surface area contributed by atoms with Crippen molar-refractivity contribution in [2.75, 3.05) is 13.2 Å². The topological polar surface area (TPSA) is 94.2 Å².